The van der Waals surface area contributed by atoms with Crippen LogP contribution in [0.2, 0.25) is 0 Å². The molecule has 0 atom stereocenters. The number of carbonyl (C=O) groups excluding carboxylic acids is 1. The van der Waals surface area contributed by atoms with Gasteiger partial charge in [-0.25, -0.2) is 0 Å². The van der Waals surface area contributed by atoms with Gasteiger partial charge in [0.1, 0.15) is 5.76 Å². The number of hydrogen-bond donors (Lipinski definition) is 0. The van der Waals surface area contributed by atoms with Crippen LogP contribution in [0, 0.1) is 0 Å². The minimum Gasteiger partial charge on any atom is -0.467 e. The molecule has 3 heterocycles. The van der Waals surface area contributed by atoms with E-state index in [1.165, 1.54) is 11.8 Å². The van der Waals surface area contributed by atoms with Crippen LogP contribution < -0.4 is 0 Å². The Morgan fingerprint density at radius 2 is 2.00 bits per heavy atom. The van der Waals surface area contributed by atoms with Crippen LogP contribution in [0.25, 0.3) is 6.08 Å². The van der Waals surface area contributed by atoms with Crippen LogP contribution in [0.4, 0.5) is 0 Å². The minimum atomic E-state index is -0.104. The molecule has 3 aromatic rings. The zero-order valence-corrected chi connectivity index (χ0v) is 17.7. The van der Waals surface area contributed by atoms with E-state index in [0.717, 1.165) is 14.9 Å². The molecule has 0 aliphatic carbocycles. The summed E-state index contributed by atoms with van der Waals surface area (Å²) < 4.78 is 6.40. The Bertz CT molecular complexity index is 1040. The van der Waals surface area contributed by atoms with Crippen molar-refractivity contribution >= 4 is 62.4 Å². The zero-order valence-electron chi connectivity index (χ0n) is 14.5. The predicted octanol–water partition coefficient (Wildman–Crippen LogP) is 5.61. The lowest BCUT2D eigenvalue weighted by molar-refractivity contribution is -0.122. The lowest BCUT2D eigenvalue weighted by Gasteiger charge is -2.12. The highest BCUT2D eigenvalue weighted by Crippen LogP contribution is 2.34. The zero-order chi connectivity index (χ0) is 19.3. The van der Waals surface area contributed by atoms with Crippen molar-refractivity contribution < 1.29 is 9.21 Å². The summed E-state index contributed by atoms with van der Waals surface area (Å²) in [4.78, 5) is 16.1. The maximum atomic E-state index is 12.9. The summed E-state index contributed by atoms with van der Waals surface area (Å²) in [6.07, 6.45) is 5.14. The van der Waals surface area contributed by atoms with Gasteiger partial charge in [-0.1, -0.05) is 34.1 Å². The van der Waals surface area contributed by atoms with E-state index < -0.39 is 0 Å². The highest BCUT2D eigenvalue weighted by atomic mass is 79.9. The number of halogens is 1. The molecule has 140 valence electrons. The van der Waals surface area contributed by atoms with Gasteiger partial charge in [0.05, 0.1) is 23.9 Å². The number of thioether (sulfide) groups is 1. The van der Waals surface area contributed by atoms with E-state index in [9.17, 15) is 4.79 Å². The second-order valence-electron chi connectivity index (χ2n) is 5.78. The molecule has 0 spiro atoms. The largest absolute Gasteiger partial charge is 0.467 e. The predicted molar refractivity (Wildman–Crippen MR) is 118 cm³/mol. The minimum absolute atomic E-state index is 0.104. The molecule has 0 unspecified atom stereocenters. The topological polar surface area (TPSA) is 58.2 Å². The van der Waals surface area contributed by atoms with Crippen molar-refractivity contribution in [2.24, 2.45) is 10.2 Å². The van der Waals surface area contributed by atoms with Crippen molar-refractivity contribution in [1.29, 1.82) is 0 Å². The van der Waals surface area contributed by atoms with Gasteiger partial charge in [-0.2, -0.15) is 5.10 Å². The molecule has 1 fully saturated rings. The quantitative estimate of drug-likeness (QED) is 0.276. The molecular weight excluding hydrogens is 458 g/mol. The van der Waals surface area contributed by atoms with Crippen molar-refractivity contribution in [3.63, 3.8) is 0 Å². The van der Waals surface area contributed by atoms with Gasteiger partial charge in [0, 0.05) is 9.35 Å². The standard InChI is InChI=1S/C20H14BrN3O2S2/c21-15-7-5-14(6-8-15)12-22-23-20-24(13-16-3-1-9-26-16)19(25)18(28-20)11-17-4-2-10-27-17/h1-12H,13H2/b18-11-,22-12+,23-20-. The highest BCUT2D eigenvalue weighted by Gasteiger charge is 2.34. The number of thiophene rings is 1. The number of benzene rings is 1. The average molecular weight is 472 g/mol. The van der Waals surface area contributed by atoms with E-state index in [1.807, 2.05) is 53.9 Å². The number of nitrogens with zero attached hydrogens (tertiary/aromatic N) is 3. The Labute approximate surface area is 178 Å². The first kappa shape index (κ1) is 18.9. The maximum Gasteiger partial charge on any atom is 0.267 e. The lowest BCUT2D eigenvalue weighted by atomic mass is 10.2. The summed E-state index contributed by atoms with van der Waals surface area (Å²) in [5.74, 6) is 0.586. The molecule has 28 heavy (non-hydrogen) atoms. The molecule has 1 aromatic carbocycles. The molecule has 8 heteroatoms. The van der Waals surface area contributed by atoms with Crippen LogP contribution in [-0.2, 0) is 11.3 Å². The van der Waals surface area contributed by atoms with Gasteiger partial charge >= 0.3 is 0 Å². The number of amidine groups is 1. The maximum absolute atomic E-state index is 12.9. The molecule has 1 aliphatic heterocycles. The first-order valence-corrected chi connectivity index (χ1v) is 10.8. The van der Waals surface area contributed by atoms with Gasteiger partial charge in [0.25, 0.3) is 5.91 Å². The summed E-state index contributed by atoms with van der Waals surface area (Å²) in [6, 6.07) is 15.3. The fourth-order valence-electron chi connectivity index (χ4n) is 2.48. The van der Waals surface area contributed by atoms with Crippen LogP contribution in [0.3, 0.4) is 0 Å². The third-order valence-electron chi connectivity index (χ3n) is 3.82. The molecule has 0 bridgehead atoms. The van der Waals surface area contributed by atoms with E-state index in [4.69, 9.17) is 4.42 Å². The highest BCUT2D eigenvalue weighted by molar-refractivity contribution is 9.10. The number of hydrogen-bond acceptors (Lipinski definition) is 6. The number of amides is 1. The van der Waals surface area contributed by atoms with Gasteiger partial charge in [-0.3, -0.25) is 9.69 Å². The third kappa shape index (κ3) is 4.52. The Morgan fingerprint density at radius 3 is 2.71 bits per heavy atom. The van der Waals surface area contributed by atoms with E-state index >= 15 is 0 Å². The molecule has 1 amide bonds. The Hall–Kier alpha value is -2.42. The van der Waals surface area contributed by atoms with Crippen LogP contribution >= 0.6 is 39.0 Å². The second-order valence-corrected chi connectivity index (χ2v) is 8.68. The lowest BCUT2D eigenvalue weighted by Crippen LogP contribution is -2.28. The first-order chi connectivity index (χ1) is 13.7. The van der Waals surface area contributed by atoms with Crippen LogP contribution in [-0.4, -0.2) is 22.2 Å². The molecule has 1 saturated heterocycles. The molecule has 0 saturated carbocycles. The average Bonchev–Trinajstić information content (AvgIpc) is 3.44. The number of carbonyl (C=O) groups is 1. The van der Waals surface area contributed by atoms with Crippen LogP contribution in [0.1, 0.15) is 16.2 Å². The Balaban J connectivity index is 1.60. The molecule has 4 rings (SSSR count). The van der Waals surface area contributed by atoms with Gasteiger partial charge in [-0.15, -0.1) is 16.4 Å². The SMILES string of the molecule is O=C1/C(=C/c2cccs2)S/C(=N\N=C\c2ccc(Br)cc2)N1Cc1ccco1. The van der Waals surface area contributed by atoms with Crippen molar-refractivity contribution in [3.05, 3.63) is 85.8 Å². The third-order valence-corrected chi connectivity index (χ3v) is 6.16. The Morgan fingerprint density at radius 1 is 1.14 bits per heavy atom. The normalized spacial score (nSPS) is 17.5. The van der Waals surface area contributed by atoms with Crippen molar-refractivity contribution in [3.8, 4) is 0 Å². The van der Waals surface area contributed by atoms with Gasteiger partial charge in [0.15, 0.2) is 5.17 Å². The number of furan rings is 1. The molecule has 0 radical (unpaired) electrons. The summed E-state index contributed by atoms with van der Waals surface area (Å²) in [6.45, 7) is 0.313. The van der Waals surface area contributed by atoms with Crippen molar-refractivity contribution in [1.82, 2.24) is 4.90 Å². The van der Waals surface area contributed by atoms with Gasteiger partial charge in [-0.05, 0) is 59.1 Å². The van der Waals surface area contributed by atoms with Crippen molar-refractivity contribution in [2.45, 2.75) is 6.54 Å². The van der Waals surface area contributed by atoms with Crippen molar-refractivity contribution in [2.75, 3.05) is 0 Å². The molecule has 2 aromatic heterocycles. The second kappa shape index (κ2) is 8.72. The summed E-state index contributed by atoms with van der Waals surface area (Å²) in [5.41, 5.74) is 0.925. The van der Waals surface area contributed by atoms with E-state index in [1.54, 1.807) is 34.8 Å². The van der Waals surface area contributed by atoms with E-state index in [0.29, 0.717) is 22.4 Å². The first-order valence-electron chi connectivity index (χ1n) is 8.33. The molecular formula is C20H14BrN3O2S2. The van der Waals surface area contributed by atoms with E-state index in [-0.39, 0.29) is 5.91 Å². The van der Waals surface area contributed by atoms with Crippen LogP contribution in [0.15, 0.2) is 84.2 Å². The summed E-state index contributed by atoms with van der Waals surface area (Å²) in [5, 5.41) is 11.0. The summed E-state index contributed by atoms with van der Waals surface area (Å²) in [7, 11) is 0. The van der Waals surface area contributed by atoms with Gasteiger partial charge in [0.2, 0.25) is 0 Å². The Kier molecular flexibility index (Phi) is 5.90. The number of rotatable bonds is 5. The molecule has 1 aliphatic rings. The van der Waals surface area contributed by atoms with E-state index in [2.05, 4.69) is 26.1 Å². The van der Waals surface area contributed by atoms with Crippen LogP contribution in [0.5, 0.6) is 0 Å². The fraction of sp³-hybridized carbons (Fsp3) is 0.0500. The smallest absolute Gasteiger partial charge is 0.267 e. The monoisotopic (exact) mass is 471 g/mol. The molecule has 5 nitrogen and oxygen atoms in total. The summed E-state index contributed by atoms with van der Waals surface area (Å²) >= 11 is 6.31. The molecule has 0 N–H and O–H groups in total. The van der Waals surface area contributed by atoms with Gasteiger partial charge < -0.3 is 4.42 Å². The fourth-order valence-corrected chi connectivity index (χ4v) is 4.40.